The van der Waals surface area contributed by atoms with Gasteiger partial charge in [0, 0.05) is 20.0 Å². The van der Waals surface area contributed by atoms with Crippen molar-refractivity contribution in [2.24, 2.45) is 0 Å². The van der Waals surface area contributed by atoms with Crippen LogP contribution in [0.1, 0.15) is 12.0 Å². The second kappa shape index (κ2) is 6.05. The van der Waals surface area contributed by atoms with Gasteiger partial charge in [-0.2, -0.15) is 5.26 Å². The highest BCUT2D eigenvalue weighted by atomic mass is 16.2. The van der Waals surface area contributed by atoms with Gasteiger partial charge >= 0.3 is 6.03 Å². The summed E-state index contributed by atoms with van der Waals surface area (Å²) in [5.74, 6) is -0.666. The fourth-order valence-electron chi connectivity index (χ4n) is 2.00. The van der Waals surface area contributed by atoms with Crippen LogP contribution in [0.25, 0.3) is 0 Å². The maximum absolute atomic E-state index is 11.8. The van der Waals surface area contributed by atoms with E-state index in [0.717, 1.165) is 4.90 Å². The number of imide groups is 1. The lowest BCUT2D eigenvalue weighted by Gasteiger charge is -2.14. The molecule has 21 heavy (non-hydrogen) atoms. The molecule has 0 aromatic heterocycles. The number of benzene rings is 1. The summed E-state index contributed by atoms with van der Waals surface area (Å²) >= 11 is 0. The van der Waals surface area contributed by atoms with Crippen LogP contribution >= 0.6 is 0 Å². The number of hydrogen-bond donors (Lipinski definition) is 1. The molecule has 1 saturated heterocycles. The largest absolute Gasteiger partial charge is 0.326 e. The normalized spacial score (nSPS) is 14.3. The third-order valence-corrected chi connectivity index (χ3v) is 3.12. The maximum atomic E-state index is 11.8. The van der Waals surface area contributed by atoms with Gasteiger partial charge in [0.05, 0.1) is 11.3 Å². The van der Waals surface area contributed by atoms with E-state index in [2.05, 4.69) is 5.32 Å². The monoisotopic (exact) mass is 286 g/mol. The Labute approximate surface area is 121 Å². The van der Waals surface area contributed by atoms with E-state index in [9.17, 15) is 14.4 Å². The summed E-state index contributed by atoms with van der Waals surface area (Å²) in [6.45, 7) is 0.0697. The van der Waals surface area contributed by atoms with Crippen molar-refractivity contribution in [3.63, 3.8) is 0 Å². The molecule has 0 unspecified atom stereocenters. The molecule has 0 spiro atoms. The van der Waals surface area contributed by atoms with Crippen LogP contribution in [0.4, 0.5) is 10.5 Å². The van der Waals surface area contributed by atoms with Gasteiger partial charge in [0.15, 0.2) is 0 Å². The van der Waals surface area contributed by atoms with E-state index in [-0.39, 0.29) is 31.3 Å². The first-order valence-electron chi connectivity index (χ1n) is 6.37. The van der Waals surface area contributed by atoms with Crippen LogP contribution in [0.5, 0.6) is 0 Å². The molecule has 1 N–H and O–H groups in total. The Kier molecular flexibility index (Phi) is 4.18. The molecular formula is C14H14N4O3. The van der Waals surface area contributed by atoms with Gasteiger partial charge < -0.3 is 10.2 Å². The van der Waals surface area contributed by atoms with Crippen LogP contribution < -0.4 is 5.32 Å². The van der Waals surface area contributed by atoms with Crippen LogP contribution in [0.3, 0.4) is 0 Å². The fraction of sp³-hybridized carbons (Fsp3) is 0.286. The first kappa shape index (κ1) is 14.5. The summed E-state index contributed by atoms with van der Waals surface area (Å²) in [7, 11) is 1.53. The van der Waals surface area contributed by atoms with Gasteiger partial charge in [0.25, 0.3) is 0 Å². The van der Waals surface area contributed by atoms with Crippen LogP contribution in [0, 0.1) is 11.3 Å². The van der Waals surface area contributed by atoms with E-state index >= 15 is 0 Å². The molecule has 0 aliphatic carbocycles. The number of anilines is 1. The standard InChI is InChI=1S/C14H14N4O3/c1-17-9-13(20)18(14(17)21)7-6-12(19)16-11-5-3-2-4-10(11)8-15/h2-5H,6-7,9H2,1H3,(H,16,19). The highest BCUT2D eigenvalue weighted by Gasteiger charge is 2.33. The van der Waals surface area contributed by atoms with Crippen molar-refractivity contribution in [2.45, 2.75) is 6.42 Å². The molecule has 0 bridgehead atoms. The Hall–Kier alpha value is -2.88. The van der Waals surface area contributed by atoms with E-state index in [1.807, 2.05) is 6.07 Å². The molecule has 7 nitrogen and oxygen atoms in total. The molecule has 0 radical (unpaired) electrons. The van der Waals surface area contributed by atoms with Crippen LogP contribution in [0.15, 0.2) is 24.3 Å². The number of carbonyl (C=O) groups is 3. The van der Waals surface area contributed by atoms with Crippen molar-refractivity contribution in [1.29, 1.82) is 5.26 Å². The minimum absolute atomic E-state index is 0.00885. The lowest BCUT2D eigenvalue weighted by Crippen LogP contribution is -2.34. The summed E-state index contributed by atoms with van der Waals surface area (Å²) in [6, 6.07) is 8.20. The molecule has 4 amide bonds. The zero-order chi connectivity index (χ0) is 15.4. The number of nitrogens with one attached hydrogen (secondary N) is 1. The zero-order valence-corrected chi connectivity index (χ0v) is 11.5. The molecule has 0 atom stereocenters. The van der Waals surface area contributed by atoms with E-state index in [4.69, 9.17) is 5.26 Å². The number of urea groups is 1. The second-order valence-electron chi connectivity index (χ2n) is 4.64. The molecule has 1 fully saturated rings. The molecule has 1 aliphatic heterocycles. The number of likely N-dealkylation sites (N-methyl/N-ethyl adjacent to an activating group) is 1. The van der Waals surface area contributed by atoms with Gasteiger partial charge in [0.1, 0.15) is 12.6 Å². The first-order valence-corrected chi connectivity index (χ1v) is 6.37. The average Bonchev–Trinajstić information content (AvgIpc) is 2.71. The quantitative estimate of drug-likeness (QED) is 0.828. The summed E-state index contributed by atoms with van der Waals surface area (Å²) in [5.41, 5.74) is 0.778. The number of para-hydroxylation sites is 1. The second-order valence-corrected chi connectivity index (χ2v) is 4.64. The highest BCUT2D eigenvalue weighted by molar-refractivity contribution is 6.02. The minimum atomic E-state index is -0.398. The van der Waals surface area contributed by atoms with Gasteiger partial charge in [-0.15, -0.1) is 0 Å². The van der Waals surface area contributed by atoms with E-state index in [1.165, 1.54) is 11.9 Å². The molecular weight excluding hydrogens is 272 g/mol. The lowest BCUT2D eigenvalue weighted by molar-refractivity contribution is -0.125. The number of nitrogens with zero attached hydrogens (tertiary/aromatic N) is 3. The zero-order valence-electron chi connectivity index (χ0n) is 11.5. The molecule has 1 aliphatic rings. The summed E-state index contributed by atoms with van der Waals surface area (Å²) < 4.78 is 0. The summed E-state index contributed by atoms with van der Waals surface area (Å²) in [4.78, 5) is 37.4. The molecule has 2 rings (SSSR count). The fourth-order valence-corrected chi connectivity index (χ4v) is 2.00. The third kappa shape index (κ3) is 3.17. The Balaban J connectivity index is 1.93. The van der Waals surface area contributed by atoms with Crippen molar-refractivity contribution in [3.05, 3.63) is 29.8 Å². The lowest BCUT2D eigenvalue weighted by atomic mass is 10.2. The van der Waals surface area contributed by atoms with Gasteiger partial charge in [-0.25, -0.2) is 4.79 Å². The SMILES string of the molecule is CN1CC(=O)N(CCC(=O)Nc2ccccc2C#N)C1=O. The van der Waals surface area contributed by atoms with Crippen molar-refractivity contribution < 1.29 is 14.4 Å². The van der Waals surface area contributed by atoms with Crippen LogP contribution in [0.2, 0.25) is 0 Å². The molecule has 1 aromatic rings. The molecule has 108 valence electrons. The number of carbonyl (C=O) groups excluding carboxylic acids is 3. The number of amides is 4. The van der Waals surface area contributed by atoms with Crippen LogP contribution in [-0.2, 0) is 9.59 Å². The minimum Gasteiger partial charge on any atom is -0.325 e. The van der Waals surface area contributed by atoms with Crippen LogP contribution in [-0.4, -0.2) is 47.8 Å². The molecule has 1 heterocycles. The Morgan fingerprint density at radius 1 is 1.38 bits per heavy atom. The predicted octanol–water partition coefficient (Wildman–Crippen LogP) is 0.781. The van der Waals surface area contributed by atoms with Gasteiger partial charge in [-0.3, -0.25) is 14.5 Å². The van der Waals surface area contributed by atoms with Gasteiger partial charge in [-0.1, -0.05) is 12.1 Å². The van der Waals surface area contributed by atoms with Crippen molar-refractivity contribution in [1.82, 2.24) is 9.80 Å². The van der Waals surface area contributed by atoms with Crippen molar-refractivity contribution in [2.75, 3.05) is 25.5 Å². The average molecular weight is 286 g/mol. The Morgan fingerprint density at radius 2 is 2.10 bits per heavy atom. The van der Waals surface area contributed by atoms with E-state index in [0.29, 0.717) is 11.3 Å². The smallest absolute Gasteiger partial charge is 0.325 e. The Morgan fingerprint density at radius 3 is 2.71 bits per heavy atom. The maximum Gasteiger partial charge on any atom is 0.326 e. The van der Waals surface area contributed by atoms with E-state index in [1.54, 1.807) is 24.3 Å². The third-order valence-electron chi connectivity index (χ3n) is 3.12. The van der Waals surface area contributed by atoms with Gasteiger partial charge in [-0.05, 0) is 12.1 Å². The Bertz CT molecular complexity index is 635. The van der Waals surface area contributed by atoms with Gasteiger partial charge in [0.2, 0.25) is 11.8 Å². The van der Waals surface area contributed by atoms with Crippen molar-refractivity contribution >= 4 is 23.5 Å². The number of rotatable bonds is 4. The first-order chi connectivity index (χ1) is 10.0. The predicted molar refractivity (Wildman–Crippen MR) is 74.1 cm³/mol. The van der Waals surface area contributed by atoms with E-state index < -0.39 is 6.03 Å². The summed E-state index contributed by atoms with van der Waals surface area (Å²) in [5, 5.41) is 11.5. The summed E-state index contributed by atoms with van der Waals surface area (Å²) in [6.07, 6.45) is -0.00885. The number of hydrogen-bond acceptors (Lipinski definition) is 4. The highest BCUT2D eigenvalue weighted by Crippen LogP contribution is 2.14. The molecule has 7 heteroatoms. The molecule has 0 saturated carbocycles. The number of nitriles is 1. The molecule has 1 aromatic carbocycles. The topological polar surface area (TPSA) is 93.5 Å². The van der Waals surface area contributed by atoms with Crippen molar-refractivity contribution in [3.8, 4) is 6.07 Å².